The zero-order chi connectivity index (χ0) is 11.4. The van der Waals surface area contributed by atoms with Gasteiger partial charge < -0.3 is 9.84 Å². The Morgan fingerprint density at radius 2 is 2.00 bits per heavy atom. The topological polar surface area (TPSA) is 51.0 Å². The van der Waals surface area contributed by atoms with E-state index in [0.717, 1.165) is 6.54 Å². The summed E-state index contributed by atoms with van der Waals surface area (Å²) in [6.45, 7) is 3.23. The molecule has 84 valence electrons. The van der Waals surface area contributed by atoms with E-state index in [1.54, 1.807) is 6.92 Å². The first kappa shape index (κ1) is 11.5. The Morgan fingerprint density at radius 1 is 1.25 bits per heavy atom. The van der Waals surface area contributed by atoms with Crippen molar-refractivity contribution in [1.82, 2.24) is 15.5 Å². The van der Waals surface area contributed by atoms with Gasteiger partial charge in [0.15, 0.2) is 5.82 Å². The number of halogens is 1. The van der Waals surface area contributed by atoms with Crippen LogP contribution >= 0.6 is 22.6 Å². The highest BCUT2D eigenvalue weighted by Crippen LogP contribution is 2.06. The van der Waals surface area contributed by atoms with Crippen LogP contribution in [0.15, 0.2) is 28.8 Å². The van der Waals surface area contributed by atoms with Crippen LogP contribution in [0.2, 0.25) is 0 Å². The van der Waals surface area contributed by atoms with E-state index in [4.69, 9.17) is 4.52 Å². The number of nitrogens with zero attached hydrogens (tertiary/aromatic N) is 2. The van der Waals surface area contributed by atoms with Crippen molar-refractivity contribution in [2.24, 2.45) is 0 Å². The molecule has 4 nitrogen and oxygen atoms in total. The lowest BCUT2D eigenvalue weighted by atomic mass is 10.2. The number of rotatable bonds is 4. The van der Waals surface area contributed by atoms with Crippen LogP contribution in [0.25, 0.3) is 0 Å². The van der Waals surface area contributed by atoms with Crippen LogP contribution in [0.1, 0.15) is 17.3 Å². The van der Waals surface area contributed by atoms with Gasteiger partial charge in [-0.1, -0.05) is 17.3 Å². The Balaban J connectivity index is 1.82. The number of hydrogen-bond donors (Lipinski definition) is 1. The molecule has 0 fully saturated rings. The molecule has 1 aromatic heterocycles. The number of hydrogen-bond acceptors (Lipinski definition) is 4. The highest BCUT2D eigenvalue weighted by atomic mass is 127. The molecule has 0 radical (unpaired) electrons. The molecular weight excluding hydrogens is 317 g/mol. The van der Waals surface area contributed by atoms with Crippen molar-refractivity contribution in [2.45, 2.75) is 20.0 Å². The number of aromatic nitrogens is 2. The first-order chi connectivity index (χ1) is 7.74. The van der Waals surface area contributed by atoms with Crippen LogP contribution in [-0.2, 0) is 13.1 Å². The molecule has 2 rings (SSSR count). The molecule has 1 heterocycles. The molecule has 0 saturated heterocycles. The minimum atomic E-state index is 0.603. The van der Waals surface area contributed by atoms with Gasteiger partial charge in [-0.05, 0) is 40.3 Å². The predicted octanol–water partition coefficient (Wildman–Crippen LogP) is 2.27. The second-order valence-electron chi connectivity index (χ2n) is 3.46. The van der Waals surface area contributed by atoms with E-state index in [2.05, 4.69) is 62.3 Å². The SMILES string of the molecule is Cc1nc(CNCc2ccc(I)cc2)no1. The summed E-state index contributed by atoms with van der Waals surface area (Å²) in [6.07, 6.45) is 0. The van der Waals surface area contributed by atoms with Gasteiger partial charge in [-0.2, -0.15) is 4.98 Å². The summed E-state index contributed by atoms with van der Waals surface area (Å²) in [7, 11) is 0. The van der Waals surface area contributed by atoms with E-state index in [1.165, 1.54) is 9.13 Å². The summed E-state index contributed by atoms with van der Waals surface area (Å²) in [4.78, 5) is 4.11. The minimum absolute atomic E-state index is 0.603. The van der Waals surface area contributed by atoms with Crippen molar-refractivity contribution < 1.29 is 4.52 Å². The lowest BCUT2D eigenvalue weighted by Crippen LogP contribution is -2.13. The fourth-order valence-electron chi connectivity index (χ4n) is 1.33. The maximum Gasteiger partial charge on any atom is 0.223 e. The van der Waals surface area contributed by atoms with Gasteiger partial charge in [-0.15, -0.1) is 0 Å². The fourth-order valence-corrected chi connectivity index (χ4v) is 1.69. The van der Waals surface area contributed by atoms with Crippen LogP contribution in [0.5, 0.6) is 0 Å². The van der Waals surface area contributed by atoms with Gasteiger partial charge in [-0.25, -0.2) is 0 Å². The lowest BCUT2D eigenvalue weighted by molar-refractivity contribution is 0.385. The van der Waals surface area contributed by atoms with Crippen LogP contribution in [0.4, 0.5) is 0 Å². The smallest absolute Gasteiger partial charge is 0.223 e. The fraction of sp³-hybridized carbons (Fsp3) is 0.273. The normalized spacial score (nSPS) is 10.6. The second kappa shape index (κ2) is 5.40. The third kappa shape index (κ3) is 3.28. The Kier molecular flexibility index (Phi) is 3.89. The maximum absolute atomic E-state index is 4.88. The van der Waals surface area contributed by atoms with Gasteiger partial charge in [0.2, 0.25) is 5.89 Å². The summed E-state index contributed by atoms with van der Waals surface area (Å²) in [6, 6.07) is 8.40. The summed E-state index contributed by atoms with van der Waals surface area (Å²) >= 11 is 2.29. The Hall–Kier alpha value is -0.950. The zero-order valence-electron chi connectivity index (χ0n) is 8.90. The maximum atomic E-state index is 4.88. The monoisotopic (exact) mass is 329 g/mol. The molecule has 0 amide bonds. The Morgan fingerprint density at radius 3 is 2.62 bits per heavy atom. The summed E-state index contributed by atoms with van der Waals surface area (Å²) in [5.74, 6) is 1.30. The van der Waals surface area contributed by atoms with E-state index in [-0.39, 0.29) is 0 Å². The number of benzene rings is 1. The molecule has 0 saturated carbocycles. The summed E-state index contributed by atoms with van der Waals surface area (Å²) in [5.41, 5.74) is 1.25. The predicted molar refractivity (Wildman–Crippen MR) is 68.7 cm³/mol. The molecule has 16 heavy (non-hydrogen) atoms. The summed E-state index contributed by atoms with van der Waals surface area (Å²) in [5, 5.41) is 7.07. The van der Waals surface area contributed by atoms with Crippen LogP contribution in [0, 0.1) is 10.5 Å². The zero-order valence-corrected chi connectivity index (χ0v) is 11.1. The van der Waals surface area contributed by atoms with Gasteiger partial charge in [0.25, 0.3) is 0 Å². The highest BCUT2D eigenvalue weighted by molar-refractivity contribution is 14.1. The third-order valence-corrected chi connectivity index (χ3v) is 2.81. The van der Waals surface area contributed by atoms with Gasteiger partial charge in [0, 0.05) is 17.0 Å². The van der Waals surface area contributed by atoms with Gasteiger partial charge in [0.1, 0.15) is 0 Å². The molecule has 0 aliphatic carbocycles. The standard InChI is InChI=1S/C11H12IN3O/c1-8-14-11(15-16-8)7-13-6-9-2-4-10(12)5-3-9/h2-5,13H,6-7H2,1H3. The van der Waals surface area contributed by atoms with Crippen molar-refractivity contribution in [3.8, 4) is 0 Å². The Bertz CT molecular complexity index is 453. The molecule has 0 atom stereocenters. The van der Waals surface area contributed by atoms with E-state index in [9.17, 15) is 0 Å². The van der Waals surface area contributed by atoms with Crippen molar-refractivity contribution >= 4 is 22.6 Å². The molecular formula is C11H12IN3O. The van der Waals surface area contributed by atoms with Crippen molar-refractivity contribution in [1.29, 1.82) is 0 Å². The average molecular weight is 329 g/mol. The molecule has 0 spiro atoms. The molecule has 5 heteroatoms. The molecule has 1 aromatic carbocycles. The second-order valence-corrected chi connectivity index (χ2v) is 4.71. The third-order valence-electron chi connectivity index (χ3n) is 2.10. The quantitative estimate of drug-likeness (QED) is 0.875. The van der Waals surface area contributed by atoms with Crippen molar-refractivity contribution in [2.75, 3.05) is 0 Å². The Labute approximate surface area is 108 Å². The van der Waals surface area contributed by atoms with Gasteiger partial charge >= 0.3 is 0 Å². The van der Waals surface area contributed by atoms with Crippen LogP contribution in [-0.4, -0.2) is 10.1 Å². The molecule has 0 aliphatic rings. The van der Waals surface area contributed by atoms with Gasteiger partial charge in [-0.3, -0.25) is 0 Å². The van der Waals surface area contributed by atoms with Crippen LogP contribution in [0.3, 0.4) is 0 Å². The average Bonchev–Trinajstić information content (AvgIpc) is 2.67. The largest absolute Gasteiger partial charge is 0.340 e. The molecule has 2 aromatic rings. The lowest BCUT2D eigenvalue weighted by Gasteiger charge is -2.02. The van der Waals surface area contributed by atoms with Crippen molar-refractivity contribution in [3.63, 3.8) is 0 Å². The minimum Gasteiger partial charge on any atom is -0.340 e. The first-order valence-electron chi connectivity index (χ1n) is 4.98. The molecule has 0 bridgehead atoms. The number of nitrogens with one attached hydrogen (secondary N) is 1. The molecule has 0 aliphatic heterocycles. The highest BCUT2D eigenvalue weighted by Gasteiger charge is 2.00. The van der Waals surface area contributed by atoms with Gasteiger partial charge in [0.05, 0.1) is 6.54 Å². The van der Waals surface area contributed by atoms with Crippen LogP contribution < -0.4 is 5.32 Å². The summed E-state index contributed by atoms with van der Waals surface area (Å²) < 4.78 is 6.13. The first-order valence-corrected chi connectivity index (χ1v) is 6.06. The van der Waals surface area contributed by atoms with E-state index >= 15 is 0 Å². The van der Waals surface area contributed by atoms with E-state index in [0.29, 0.717) is 18.3 Å². The number of aryl methyl sites for hydroxylation is 1. The van der Waals surface area contributed by atoms with E-state index < -0.39 is 0 Å². The van der Waals surface area contributed by atoms with Crippen molar-refractivity contribution in [3.05, 3.63) is 45.1 Å². The van der Waals surface area contributed by atoms with E-state index in [1.807, 2.05) is 0 Å². The molecule has 1 N–H and O–H groups in total. The molecule has 0 unspecified atom stereocenters.